The van der Waals surface area contributed by atoms with E-state index in [-0.39, 0.29) is 6.04 Å². The van der Waals surface area contributed by atoms with Gasteiger partial charge in [-0.2, -0.15) is 5.10 Å². The van der Waals surface area contributed by atoms with Gasteiger partial charge in [0.25, 0.3) is 0 Å². The van der Waals surface area contributed by atoms with Crippen LogP contribution < -0.4 is 4.74 Å². The summed E-state index contributed by atoms with van der Waals surface area (Å²) in [6.07, 6.45) is 1.79. The fourth-order valence-corrected chi connectivity index (χ4v) is 3.79. The van der Waals surface area contributed by atoms with Crippen LogP contribution in [0.1, 0.15) is 18.1 Å². The second kappa shape index (κ2) is 7.41. The van der Waals surface area contributed by atoms with Crippen molar-refractivity contribution in [3.8, 4) is 5.75 Å². The summed E-state index contributed by atoms with van der Waals surface area (Å²) in [7, 11) is 1.58. The van der Waals surface area contributed by atoms with Crippen LogP contribution in [-0.4, -0.2) is 42.0 Å². The first-order chi connectivity index (χ1) is 13.5. The lowest BCUT2D eigenvalue weighted by atomic mass is 10.00. The van der Waals surface area contributed by atoms with Crippen molar-refractivity contribution in [2.24, 2.45) is 15.1 Å². The SMILES string of the molecule is C=CCN1N=C(C)C2N=C(c3ccccc3Cl)c3cc(Cl)c(OC)cc3N=C21. The largest absolute Gasteiger partial charge is 0.495 e. The van der Waals surface area contributed by atoms with Crippen molar-refractivity contribution in [3.63, 3.8) is 0 Å². The molecule has 2 aliphatic rings. The van der Waals surface area contributed by atoms with E-state index < -0.39 is 0 Å². The summed E-state index contributed by atoms with van der Waals surface area (Å²) < 4.78 is 5.40. The molecule has 2 aromatic rings. The maximum absolute atomic E-state index is 6.50. The summed E-state index contributed by atoms with van der Waals surface area (Å²) >= 11 is 12.9. The van der Waals surface area contributed by atoms with E-state index in [0.29, 0.717) is 28.0 Å². The van der Waals surface area contributed by atoms with Gasteiger partial charge in [0.15, 0.2) is 5.84 Å². The highest BCUT2D eigenvalue weighted by molar-refractivity contribution is 6.37. The number of nitrogens with zero attached hydrogens (tertiary/aromatic N) is 4. The molecule has 4 rings (SSSR count). The minimum absolute atomic E-state index is 0.302. The molecular weight excluding hydrogens is 395 g/mol. The molecule has 7 heteroatoms. The Labute approximate surface area is 173 Å². The number of hydrogen-bond donors (Lipinski definition) is 0. The molecule has 1 atom stereocenters. The summed E-state index contributed by atoms with van der Waals surface area (Å²) in [5, 5.41) is 7.51. The van der Waals surface area contributed by atoms with E-state index >= 15 is 0 Å². The lowest BCUT2D eigenvalue weighted by Gasteiger charge is -2.14. The first-order valence-electron chi connectivity index (χ1n) is 8.76. The first kappa shape index (κ1) is 18.7. The molecule has 0 spiro atoms. The van der Waals surface area contributed by atoms with E-state index in [2.05, 4.69) is 11.7 Å². The van der Waals surface area contributed by atoms with Gasteiger partial charge in [-0.1, -0.05) is 47.5 Å². The van der Waals surface area contributed by atoms with E-state index in [1.165, 1.54) is 0 Å². The molecule has 2 heterocycles. The van der Waals surface area contributed by atoms with Crippen molar-refractivity contribution < 1.29 is 4.74 Å². The molecule has 2 aromatic carbocycles. The summed E-state index contributed by atoms with van der Waals surface area (Å²) in [5.41, 5.74) is 3.90. The predicted molar refractivity (Wildman–Crippen MR) is 116 cm³/mol. The number of amidine groups is 1. The summed E-state index contributed by atoms with van der Waals surface area (Å²) in [6.45, 7) is 6.30. The van der Waals surface area contributed by atoms with E-state index in [1.54, 1.807) is 13.2 Å². The molecule has 2 aliphatic heterocycles. The Bertz CT molecular complexity index is 1060. The Morgan fingerprint density at radius 2 is 1.96 bits per heavy atom. The van der Waals surface area contributed by atoms with Gasteiger partial charge in [-0.05, 0) is 19.1 Å². The molecule has 142 valence electrons. The van der Waals surface area contributed by atoms with E-state index in [0.717, 1.165) is 28.4 Å². The van der Waals surface area contributed by atoms with Gasteiger partial charge >= 0.3 is 0 Å². The fourth-order valence-electron chi connectivity index (χ4n) is 3.32. The van der Waals surface area contributed by atoms with E-state index in [1.807, 2.05) is 48.3 Å². The van der Waals surface area contributed by atoms with Crippen LogP contribution in [-0.2, 0) is 0 Å². The molecule has 0 aromatic heterocycles. The maximum atomic E-state index is 6.50. The van der Waals surface area contributed by atoms with Crippen LogP contribution in [0.3, 0.4) is 0 Å². The number of fused-ring (bicyclic) bond motifs is 2. The number of methoxy groups -OCH3 is 1. The van der Waals surface area contributed by atoms with Crippen LogP contribution in [0, 0.1) is 0 Å². The molecule has 0 N–H and O–H groups in total. The van der Waals surface area contributed by atoms with Crippen molar-refractivity contribution in [3.05, 3.63) is 70.2 Å². The van der Waals surface area contributed by atoms with Gasteiger partial charge < -0.3 is 4.74 Å². The third-order valence-electron chi connectivity index (χ3n) is 4.63. The second-order valence-corrected chi connectivity index (χ2v) is 7.26. The Kier molecular flexibility index (Phi) is 4.96. The number of halogens is 2. The van der Waals surface area contributed by atoms with E-state index in [4.69, 9.17) is 37.9 Å². The van der Waals surface area contributed by atoms with Crippen LogP contribution in [0.25, 0.3) is 0 Å². The third kappa shape index (κ3) is 3.11. The van der Waals surface area contributed by atoms with Crippen molar-refractivity contribution in [2.75, 3.05) is 13.7 Å². The second-order valence-electron chi connectivity index (χ2n) is 6.45. The zero-order chi connectivity index (χ0) is 19.8. The van der Waals surface area contributed by atoms with Crippen molar-refractivity contribution in [2.45, 2.75) is 13.0 Å². The van der Waals surface area contributed by atoms with Crippen molar-refractivity contribution in [1.29, 1.82) is 0 Å². The van der Waals surface area contributed by atoms with Gasteiger partial charge in [0.2, 0.25) is 0 Å². The highest BCUT2D eigenvalue weighted by atomic mass is 35.5. The van der Waals surface area contributed by atoms with Gasteiger partial charge in [-0.25, -0.2) is 10.0 Å². The molecule has 0 saturated carbocycles. The molecule has 0 aliphatic carbocycles. The summed E-state index contributed by atoms with van der Waals surface area (Å²) in [4.78, 5) is 9.91. The Morgan fingerprint density at radius 3 is 2.68 bits per heavy atom. The van der Waals surface area contributed by atoms with Gasteiger partial charge in [0.05, 0.1) is 35.8 Å². The molecule has 0 bridgehead atoms. The highest BCUT2D eigenvalue weighted by Gasteiger charge is 2.34. The van der Waals surface area contributed by atoms with E-state index in [9.17, 15) is 0 Å². The maximum Gasteiger partial charge on any atom is 0.156 e. The van der Waals surface area contributed by atoms with Crippen LogP contribution >= 0.6 is 23.2 Å². The smallest absolute Gasteiger partial charge is 0.156 e. The minimum Gasteiger partial charge on any atom is -0.495 e. The van der Waals surface area contributed by atoms with Gasteiger partial charge in [0, 0.05) is 22.2 Å². The average Bonchev–Trinajstić information content (AvgIpc) is 2.86. The average molecular weight is 413 g/mol. The monoisotopic (exact) mass is 412 g/mol. The Morgan fingerprint density at radius 1 is 1.18 bits per heavy atom. The zero-order valence-corrected chi connectivity index (χ0v) is 17.0. The summed E-state index contributed by atoms with van der Waals surface area (Å²) in [6, 6.07) is 10.9. The van der Waals surface area contributed by atoms with Crippen LogP contribution in [0.2, 0.25) is 10.0 Å². The lowest BCUT2D eigenvalue weighted by molar-refractivity contribution is 0.415. The molecule has 28 heavy (non-hydrogen) atoms. The van der Waals surface area contributed by atoms with Crippen LogP contribution in [0.5, 0.6) is 5.75 Å². The van der Waals surface area contributed by atoms with Crippen LogP contribution in [0.15, 0.2) is 64.1 Å². The summed E-state index contributed by atoms with van der Waals surface area (Å²) in [5.74, 6) is 1.29. The van der Waals surface area contributed by atoms with Crippen LogP contribution in [0.4, 0.5) is 5.69 Å². The third-order valence-corrected chi connectivity index (χ3v) is 5.26. The number of rotatable bonds is 4. The normalized spacial score (nSPS) is 17.8. The zero-order valence-electron chi connectivity index (χ0n) is 15.5. The predicted octanol–water partition coefficient (Wildman–Crippen LogP) is 5.13. The quantitative estimate of drug-likeness (QED) is 0.653. The number of benzene rings is 2. The standard InChI is InChI=1S/C21H18Cl2N4O/c1-4-9-27-21-19(12(2)26-27)25-20(13-7-5-6-8-15(13)22)14-10-16(23)18(28-3)11-17(14)24-21/h4-8,10-11,19H,1,9H2,2-3H3. The number of hydrogen-bond acceptors (Lipinski definition) is 5. The number of ether oxygens (including phenoxy) is 1. The minimum atomic E-state index is -0.302. The first-order valence-corrected chi connectivity index (χ1v) is 9.51. The highest BCUT2D eigenvalue weighted by Crippen LogP contribution is 2.38. The molecular formula is C21H18Cl2N4O. The molecule has 0 saturated heterocycles. The lowest BCUT2D eigenvalue weighted by Crippen LogP contribution is -2.30. The van der Waals surface area contributed by atoms with Crippen molar-refractivity contribution >= 4 is 46.1 Å². The molecule has 0 amide bonds. The number of hydrazone groups is 1. The molecule has 5 nitrogen and oxygen atoms in total. The van der Waals surface area contributed by atoms with Gasteiger partial charge in [-0.15, -0.1) is 6.58 Å². The fraction of sp³-hybridized carbons (Fsp3) is 0.190. The van der Waals surface area contributed by atoms with Gasteiger partial charge in [0.1, 0.15) is 11.8 Å². The molecule has 0 radical (unpaired) electrons. The Balaban J connectivity index is 1.99. The molecule has 1 unspecified atom stereocenters. The topological polar surface area (TPSA) is 49.5 Å². The molecule has 0 fully saturated rings. The van der Waals surface area contributed by atoms with Crippen molar-refractivity contribution in [1.82, 2.24) is 5.01 Å². The number of aliphatic imine (C=N–C) groups is 2. The van der Waals surface area contributed by atoms with Gasteiger partial charge in [-0.3, -0.25) is 4.99 Å². The Hall–Kier alpha value is -2.63.